The van der Waals surface area contributed by atoms with Crippen LogP contribution < -0.4 is 26.0 Å². The van der Waals surface area contributed by atoms with Gasteiger partial charge in [0.15, 0.2) is 11.5 Å². The normalized spacial score (nSPS) is 12.9. The SMILES string of the molecule is CCOc1cc2c(cc1OC)-c1c/c(=N\c3c(C)cc(C)cc3C)n(CCNC(=O)c3nnc[nH]3)c(=O)n1CCC2. The van der Waals surface area contributed by atoms with Crippen molar-refractivity contribution in [1.82, 2.24) is 29.6 Å². The van der Waals surface area contributed by atoms with E-state index in [0.717, 1.165) is 52.0 Å². The average molecular weight is 558 g/mol. The van der Waals surface area contributed by atoms with Gasteiger partial charge in [-0.05, 0) is 69.4 Å². The van der Waals surface area contributed by atoms with Crippen molar-refractivity contribution in [3.05, 3.63) is 80.7 Å². The highest BCUT2D eigenvalue weighted by Gasteiger charge is 2.21. The molecule has 0 radical (unpaired) electrons. The number of carbonyl (C=O) groups excluding carboxylic acids is 1. The molecule has 0 saturated heterocycles. The zero-order valence-electron chi connectivity index (χ0n) is 24.1. The van der Waals surface area contributed by atoms with Crippen LogP contribution in [0.2, 0.25) is 0 Å². The van der Waals surface area contributed by atoms with E-state index in [1.165, 1.54) is 6.33 Å². The van der Waals surface area contributed by atoms with Crippen LogP contribution in [0.3, 0.4) is 0 Å². The molecule has 1 amide bonds. The summed E-state index contributed by atoms with van der Waals surface area (Å²) in [6, 6.07) is 10.1. The standard InChI is InChI=1S/C30H35N7O4/c1-6-41-25-14-21-8-7-10-36-23(22(21)15-24(25)40-5)16-26(34-27-19(3)12-18(2)13-20(27)4)37(30(36)39)11-9-31-29(38)28-32-17-33-35-28/h12-17H,6-11H2,1-5H3,(H,31,38)(H,32,33,35)/b34-26+. The molecule has 0 fully saturated rings. The monoisotopic (exact) mass is 557 g/mol. The van der Waals surface area contributed by atoms with Crippen LogP contribution in [0.1, 0.15) is 46.2 Å². The minimum Gasteiger partial charge on any atom is -0.493 e. The first-order valence-corrected chi connectivity index (χ1v) is 13.8. The molecule has 0 unspecified atom stereocenters. The lowest BCUT2D eigenvalue weighted by molar-refractivity contribution is 0.0942. The molecule has 0 aliphatic carbocycles. The first-order valence-electron chi connectivity index (χ1n) is 13.8. The van der Waals surface area contributed by atoms with Crippen LogP contribution in [0.5, 0.6) is 11.5 Å². The molecule has 0 atom stereocenters. The Labute approximate surface area is 237 Å². The largest absolute Gasteiger partial charge is 0.493 e. The van der Waals surface area contributed by atoms with Crippen molar-refractivity contribution in [3.8, 4) is 22.8 Å². The van der Waals surface area contributed by atoms with Crippen LogP contribution in [0, 0.1) is 20.8 Å². The maximum Gasteiger partial charge on any atom is 0.330 e. The van der Waals surface area contributed by atoms with Gasteiger partial charge >= 0.3 is 5.69 Å². The zero-order valence-corrected chi connectivity index (χ0v) is 24.1. The quantitative estimate of drug-likeness (QED) is 0.342. The van der Waals surface area contributed by atoms with Gasteiger partial charge in [0.1, 0.15) is 11.8 Å². The lowest BCUT2D eigenvalue weighted by atomic mass is 10.0. The van der Waals surface area contributed by atoms with Crippen molar-refractivity contribution in [2.45, 2.75) is 53.6 Å². The second-order valence-electron chi connectivity index (χ2n) is 10.1. The number of carbonyl (C=O) groups is 1. The maximum atomic E-state index is 14.1. The number of aromatic nitrogens is 5. The fourth-order valence-corrected chi connectivity index (χ4v) is 5.41. The van der Waals surface area contributed by atoms with E-state index in [4.69, 9.17) is 14.5 Å². The molecular weight excluding hydrogens is 522 g/mol. The summed E-state index contributed by atoms with van der Waals surface area (Å²) in [4.78, 5) is 34.3. The fourth-order valence-electron chi connectivity index (χ4n) is 5.41. The number of hydrogen-bond acceptors (Lipinski definition) is 7. The maximum absolute atomic E-state index is 14.1. The molecule has 41 heavy (non-hydrogen) atoms. The van der Waals surface area contributed by atoms with Crippen LogP contribution in [0.25, 0.3) is 11.3 Å². The van der Waals surface area contributed by atoms with Gasteiger partial charge in [-0.25, -0.2) is 9.79 Å². The Morgan fingerprint density at radius 1 is 1.12 bits per heavy atom. The van der Waals surface area contributed by atoms with E-state index in [-0.39, 0.29) is 24.6 Å². The van der Waals surface area contributed by atoms with Crippen LogP contribution in [-0.2, 0) is 19.5 Å². The molecule has 2 N–H and O–H groups in total. The summed E-state index contributed by atoms with van der Waals surface area (Å²) < 4.78 is 14.9. The Hall–Kier alpha value is -4.67. The van der Waals surface area contributed by atoms with Gasteiger partial charge in [-0.2, -0.15) is 0 Å². The number of fused-ring (bicyclic) bond motifs is 3. The van der Waals surface area contributed by atoms with Crippen LogP contribution in [-0.4, -0.2) is 50.5 Å². The predicted octanol–water partition coefficient (Wildman–Crippen LogP) is 3.38. The summed E-state index contributed by atoms with van der Waals surface area (Å²) in [6.07, 6.45) is 2.92. The Balaban J connectivity index is 1.67. The zero-order chi connectivity index (χ0) is 29.1. The molecule has 2 aromatic heterocycles. The van der Waals surface area contributed by atoms with E-state index in [9.17, 15) is 9.59 Å². The highest BCUT2D eigenvalue weighted by molar-refractivity contribution is 5.90. The number of amides is 1. The summed E-state index contributed by atoms with van der Waals surface area (Å²) in [7, 11) is 1.61. The van der Waals surface area contributed by atoms with Crippen LogP contribution >= 0.6 is 0 Å². The summed E-state index contributed by atoms with van der Waals surface area (Å²) in [5, 5.41) is 10.2. The second-order valence-corrected chi connectivity index (χ2v) is 10.1. The summed E-state index contributed by atoms with van der Waals surface area (Å²) in [5.74, 6) is 1.02. The Morgan fingerprint density at radius 2 is 1.90 bits per heavy atom. The van der Waals surface area contributed by atoms with E-state index in [1.807, 2.05) is 39.0 Å². The van der Waals surface area contributed by atoms with Crippen molar-refractivity contribution in [2.24, 2.45) is 4.99 Å². The molecule has 11 heteroatoms. The number of aromatic amines is 1. The molecule has 1 aliphatic heterocycles. The van der Waals surface area contributed by atoms with Gasteiger partial charge in [-0.1, -0.05) is 17.7 Å². The Morgan fingerprint density at radius 3 is 2.59 bits per heavy atom. The van der Waals surface area contributed by atoms with E-state index >= 15 is 0 Å². The molecule has 0 saturated carbocycles. The smallest absolute Gasteiger partial charge is 0.330 e. The second kappa shape index (κ2) is 11.8. The molecular formula is C30H35N7O4. The molecule has 11 nitrogen and oxygen atoms in total. The number of methoxy groups -OCH3 is 1. The van der Waals surface area contributed by atoms with E-state index in [1.54, 1.807) is 16.2 Å². The molecule has 0 spiro atoms. The van der Waals surface area contributed by atoms with E-state index in [2.05, 4.69) is 39.6 Å². The highest BCUT2D eigenvalue weighted by atomic mass is 16.5. The minimum absolute atomic E-state index is 0.112. The minimum atomic E-state index is -0.396. The van der Waals surface area contributed by atoms with Crippen LogP contribution in [0.15, 0.2) is 46.4 Å². The molecule has 214 valence electrons. The fraction of sp³-hybridized carbons (Fsp3) is 0.367. The number of ether oxygens (including phenoxy) is 2. The van der Waals surface area contributed by atoms with Crippen molar-refractivity contribution in [1.29, 1.82) is 0 Å². The number of H-pyrrole nitrogens is 1. The molecule has 0 bridgehead atoms. The van der Waals surface area contributed by atoms with Gasteiger partial charge in [-0.15, -0.1) is 10.2 Å². The van der Waals surface area contributed by atoms with E-state index < -0.39 is 5.91 Å². The van der Waals surface area contributed by atoms with Crippen molar-refractivity contribution in [2.75, 3.05) is 20.3 Å². The van der Waals surface area contributed by atoms with Gasteiger partial charge in [0.25, 0.3) is 5.91 Å². The predicted molar refractivity (Wildman–Crippen MR) is 155 cm³/mol. The number of benzene rings is 2. The van der Waals surface area contributed by atoms with Crippen molar-refractivity contribution in [3.63, 3.8) is 0 Å². The van der Waals surface area contributed by atoms with E-state index in [0.29, 0.717) is 30.1 Å². The molecule has 1 aliphatic rings. The van der Waals surface area contributed by atoms with Gasteiger partial charge in [-0.3, -0.25) is 13.9 Å². The molecule has 3 heterocycles. The third-order valence-electron chi connectivity index (χ3n) is 7.20. The Kier molecular flexibility index (Phi) is 8.04. The summed E-state index contributed by atoms with van der Waals surface area (Å²) >= 11 is 0. The molecule has 2 aromatic carbocycles. The third kappa shape index (κ3) is 5.65. The number of hydrogen-bond donors (Lipinski definition) is 2. The third-order valence-corrected chi connectivity index (χ3v) is 7.20. The lowest BCUT2D eigenvalue weighted by Crippen LogP contribution is -2.43. The summed E-state index contributed by atoms with van der Waals surface area (Å²) in [5.41, 5.74) is 7.09. The van der Waals surface area contributed by atoms with Gasteiger partial charge in [0.2, 0.25) is 5.82 Å². The van der Waals surface area contributed by atoms with Gasteiger partial charge < -0.3 is 19.8 Å². The number of nitrogens with one attached hydrogen (secondary N) is 2. The Bertz CT molecular complexity index is 1700. The first kappa shape index (κ1) is 27.9. The molecule has 4 aromatic rings. The van der Waals surface area contributed by atoms with Crippen LogP contribution in [0.4, 0.5) is 5.69 Å². The topological polar surface area (TPSA) is 128 Å². The molecule has 5 rings (SSSR count). The number of nitrogens with zero attached hydrogens (tertiary/aromatic N) is 5. The number of rotatable bonds is 8. The van der Waals surface area contributed by atoms with Crippen molar-refractivity contribution >= 4 is 11.6 Å². The summed E-state index contributed by atoms with van der Waals surface area (Å²) in [6.45, 7) is 9.53. The van der Waals surface area contributed by atoms with Gasteiger partial charge in [0, 0.05) is 31.3 Å². The lowest BCUT2D eigenvalue weighted by Gasteiger charge is -2.18. The van der Waals surface area contributed by atoms with Gasteiger partial charge in [0.05, 0.1) is 25.1 Å². The average Bonchev–Trinajstić information content (AvgIpc) is 3.42. The van der Waals surface area contributed by atoms with Crippen molar-refractivity contribution < 1.29 is 14.3 Å². The first-order chi connectivity index (χ1) is 19.8. The highest BCUT2D eigenvalue weighted by Crippen LogP contribution is 2.37. The number of aryl methyl sites for hydroxylation is 4.